The Morgan fingerprint density at radius 3 is 2.49 bits per heavy atom. The maximum Gasteiger partial charge on any atom is 1.00 e. The summed E-state index contributed by atoms with van der Waals surface area (Å²) in [5.41, 5.74) is 4.60. The first kappa shape index (κ1) is 33.5. The number of aryl methyl sites for hydroxylation is 1. The summed E-state index contributed by atoms with van der Waals surface area (Å²) < 4.78 is 0. The van der Waals surface area contributed by atoms with E-state index < -0.39 is 12.0 Å². The molecule has 2 aromatic carbocycles. The van der Waals surface area contributed by atoms with E-state index in [1.165, 1.54) is 57.8 Å². The quantitative estimate of drug-likeness (QED) is 0.290. The van der Waals surface area contributed by atoms with Crippen LogP contribution in [-0.4, -0.2) is 41.1 Å². The van der Waals surface area contributed by atoms with Crippen LogP contribution in [0.25, 0.3) is 11.1 Å². The van der Waals surface area contributed by atoms with E-state index in [-0.39, 0.29) is 26.2 Å². The molecule has 210 valence electrons. The van der Waals surface area contributed by atoms with E-state index in [0.717, 1.165) is 34.7 Å². The van der Waals surface area contributed by atoms with E-state index in [0.29, 0.717) is 23.8 Å². The number of benzene rings is 2. The number of carboxylic acid groups (broad SMARTS) is 1. The molecule has 0 bridgehead atoms. The second-order valence-corrected chi connectivity index (χ2v) is 11.8. The van der Waals surface area contributed by atoms with E-state index in [1.54, 1.807) is 11.8 Å². The summed E-state index contributed by atoms with van der Waals surface area (Å²) in [6.45, 7) is 5.06. The molecule has 5 nitrogen and oxygen atoms in total. The maximum absolute atomic E-state index is 13.3. The van der Waals surface area contributed by atoms with Crippen LogP contribution in [-0.2, 0) is 11.3 Å². The standard InChI is InChI=1S/C32H46N2O3S.Li.H/c1-4-5-14-26(20-24-12-7-6-8-13-24)33-22-25-16-17-28(29(21-25)27-15-10-9-11-23(27)2)31(35)34-30(32(36)37)18-19-38-3;;/h9-11,15-17,21,24,26,30,33H,4-8,12-14,18-20,22H2,1-3H3,(H,34,35)(H,36,37);;/q;+1;-1. The molecule has 0 radical (unpaired) electrons. The predicted octanol–water partition coefficient (Wildman–Crippen LogP) is 4.33. The third-order valence-electron chi connectivity index (χ3n) is 7.82. The molecular formula is C32H47LiN2O3S. The first-order valence-corrected chi connectivity index (χ1v) is 15.8. The van der Waals surface area contributed by atoms with Gasteiger partial charge in [0.15, 0.2) is 0 Å². The topological polar surface area (TPSA) is 78.4 Å². The maximum atomic E-state index is 13.3. The van der Waals surface area contributed by atoms with Gasteiger partial charge in [-0.15, -0.1) is 0 Å². The number of rotatable bonds is 15. The van der Waals surface area contributed by atoms with Crippen molar-refractivity contribution in [2.45, 2.75) is 96.7 Å². The minimum atomic E-state index is -0.998. The van der Waals surface area contributed by atoms with Gasteiger partial charge in [-0.2, -0.15) is 11.8 Å². The average Bonchev–Trinajstić information content (AvgIpc) is 2.93. The fourth-order valence-corrected chi connectivity index (χ4v) is 6.04. The van der Waals surface area contributed by atoms with Crippen LogP contribution < -0.4 is 29.5 Å². The molecule has 1 saturated carbocycles. The van der Waals surface area contributed by atoms with Gasteiger partial charge in [0, 0.05) is 18.2 Å². The molecule has 3 rings (SSSR count). The van der Waals surface area contributed by atoms with Gasteiger partial charge in [0.2, 0.25) is 0 Å². The monoisotopic (exact) mass is 546 g/mol. The van der Waals surface area contributed by atoms with Crippen molar-refractivity contribution >= 4 is 23.6 Å². The van der Waals surface area contributed by atoms with E-state index in [9.17, 15) is 14.7 Å². The summed E-state index contributed by atoms with van der Waals surface area (Å²) in [6, 6.07) is 13.7. The van der Waals surface area contributed by atoms with Crippen LogP contribution in [0.1, 0.15) is 94.0 Å². The first-order chi connectivity index (χ1) is 18.4. The van der Waals surface area contributed by atoms with Crippen LogP contribution in [0.15, 0.2) is 42.5 Å². The fraction of sp³-hybridized carbons (Fsp3) is 0.562. The number of nitrogens with one attached hydrogen (secondary N) is 2. The van der Waals surface area contributed by atoms with Crippen molar-refractivity contribution < 1.29 is 35.0 Å². The minimum Gasteiger partial charge on any atom is -1.00 e. The van der Waals surface area contributed by atoms with Gasteiger partial charge < -0.3 is 17.2 Å². The summed E-state index contributed by atoms with van der Waals surface area (Å²) in [7, 11) is 0. The molecule has 7 heteroatoms. The van der Waals surface area contributed by atoms with Gasteiger partial charge in [0.1, 0.15) is 6.04 Å². The Labute approximate surface area is 253 Å². The largest absolute Gasteiger partial charge is 1.00 e. The number of thioether (sulfide) groups is 1. The molecule has 0 aromatic heterocycles. The van der Waals surface area contributed by atoms with E-state index in [4.69, 9.17) is 0 Å². The Balaban J connectivity index is 0.00000400. The van der Waals surface area contributed by atoms with Crippen molar-refractivity contribution in [1.82, 2.24) is 10.6 Å². The Hall–Kier alpha value is -1.71. The van der Waals surface area contributed by atoms with Gasteiger partial charge in [0.05, 0.1) is 0 Å². The second-order valence-electron chi connectivity index (χ2n) is 10.8. The zero-order valence-corrected chi connectivity index (χ0v) is 25.2. The summed E-state index contributed by atoms with van der Waals surface area (Å²) in [5.74, 6) is 0.170. The number of carboxylic acids is 1. The molecule has 0 spiro atoms. The molecule has 2 unspecified atom stereocenters. The van der Waals surface area contributed by atoms with E-state index in [2.05, 4.69) is 23.6 Å². The Morgan fingerprint density at radius 1 is 1.08 bits per heavy atom. The number of aliphatic carboxylic acids is 1. The normalized spacial score (nSPS) is 15.3. The number of carbonyl (C=O) groups is 2. The molecule has 2 atom stereocenters. The van der Waals surface area contributed by atoms with Crippen molar-refractivity contribution in [1.29, 1.82) is 0 Å². The zero-order valence-electron chi connectivity index (χ0n) is 25.4. The predicted molar refractivity (Wildman–Crippen MR) is 161 cm³/mol. The molecule has 0 saturated heterocycles. The van der Waals surface area contributed by atoms with Crippen LogP contribution in [0, 0.1) is 12.8 Å². The van der Waals surface area contributed by atoms with Gasteiger partial charge in [-0.05, 0) is 78.5 Å². The minimum absolute atomic E-state index is 0. The van der Waals surface area contributed by atoms with Gasteiger partial charge in [-0.25, -0.2) is 4.79 Å². The molecule has 39 heavy (non-hydrogen) atoms. The van der Waals surface area contributed by atoms with Crippen LogP contribution >= 0.6 is 11.8 Å². The van der Waals surface area contributed by atoms with Crippen molar-refractivity contribution in [3.8, 4) is 11.1 Å². The number of hydrogen-bond acceptors (Lipinski definition) is 4. The summed E-state index contributed by atoms with van der Waals surface area (Å²) in [6.07, 6.45) is 14.1. The molecule has 3 N–H and O–H groups in total. The number of carbonyl (C=O) groups excluding carboxylic acids is 1. The molecule has 0 aliphatic heterocycles. The molecule has 0 heterocycles. The molecule has 2 aromatic rings. The first-order valence-electron chi connectivity index (χ1n) is 14.4. The Bertz CT molecular complexity index is 1050. The summed E-state index contributed by atoms with van der Waals surface area (Å²) in [5, 5.41) is 16.3. The smallest absolute Gasteiger partial charge is 1.00 e. The average molecular weight is 547 g/mol. The van der Waals surface area contributed by atoms with Gasteiger partial charge in [0.25, 0.3) is 5.91 Å². The SMILES string of the molecule is CCCCC(CC1CCCCC1)NCc1ccc(C(=O)NC(CCSC)C(=O)O)c(-c2ccccc2C)c1.[H-].[Li+]. The summed E-state index contributed by atoms with van der Waals surface area (Å²) >= 11 is 1.58. The van der Waals surface area contributed by atoms with Gasteiger partial charge in [-0.3, -0.25) is 4.79 Å². The van der Waals surface area contributed by atoms with Gasteiger partial charge >= 0.3 is 24.8 Å². The number of hydrogen-bond donors (Lipinski definition) is 3. The van der Waals surface area contributed by atoms with Crippen LogP contribution in [0.5, 0.6) is 0 Å². The molecule has 1 aliphatic carbocycles. The number of amides is 1. The Morgan fingerprint density at radius 2 is 1.82 bits per heavy atom. The zero-order chi connectivity index (χ0) is 27.3. The van der Waals surface area contributed by atoms with Gasteiger partial charge in [-0.1, -0.05) is 82.2 Å². The van der Waals surface area contributed by atoms with Crippen LogP contribution in [0.2, 0.25) is 0 Å². The Kier molecular flexibility index (Phi) is 15.3. The van der Waals surface area contributed by atoms with E-state index >= 15 is 0 Å². The molecule has 1 fully saturated rings. The van der Waals surface area contributed by atoms with Crippen molar-refractivity contribution in [3.05, 3.63) is 59.2 Å². The van der Waals surface area contributed by atoms with E-state index in [1.807, 2.05) is 49.6 Å². The van der Waals surface area contributed by atoms with Crippen LogP contribution in [0.3, 0.4) is 0 Å². The molecular weight excluding hydrogens is 499 g/mol. The second kappa shape index (κ2) is 17.9. The number of unbranched alkanes of at least 4 members (excludes halogenated alkanes) is 1. The molecule has 1 aliphatic rings. The summed E-state index contributed by atoms with van der Waals surface area (Å²) in [4.78, 5) is 25.1. The van der Waals surface area contributed by atoms with Crippen molar-refractivity contribution in [3.63, 3.8) is 0 Å². The third-order valence-corrected chi connectivity index (χ3v) is 8.47. The fourth-order valence-electron chi connectivity index (χ4n) is 5.57. The third kappa shape index (κ3) is 10.7. The molecule has 1 amide bonds. The van der Waals surface area contributed by atoms with Crippen molar-refractivity contribution in [2.24, 2.45) is 5.92 Å². The van der Waals surface area contributed by atoms with Crippen molar-refractivity contribution in [2.75, 3.05) is 12.0 Å². The van der Waals surface area contributed by atoms with Crippen LogP contribution in [0.4, 0.5) is 0 Å².